The minimum atomic E-state index is -1.63. The van der Waals surface area contributed by atoms with E-state index in [-0.39, 0.29) is 0 Å². The topological polar surface area (TPSA) is 58.3 Å². The van der Waals surface area contributed by atoms with Gasteiger partial charge in [-0.3, -0.25) is 0 Å². The molecule has 0 saturated carbocycles. The highest BCUT2D eigenvalue weighted by molar-refractivity contribution is 9.14. The standard InChI is InChI=1S/C3H2BBr3N2O2/c5-1-2(6)8-9(3(1)7)4(10)11/h10-11H. The first-order valence-corrected chi connectivity index (χ1v) is 4.87. The van der Waals surface area contributed by atoms with Gasteiger partial charge in [-0.1, -0.05) is 0 Å². The fourth-order valence-corrected chi connectivity index (χ4v) is 1.86. The molecule has 8 heteroatoms. The zero-order valence-corrected chi connectivity index (χ0v) is 9.76. The van der Waals surface area contributed by atoms with Crippen molar-refractivity contribution in [1.82, 2.24) is 9.69 Å². The van der Waals surface area contributed by atoms with E-state index in [1.54, 1.807) is 0 Å². The maximum absolute atomic E-state index is 8.73. The third-order valence-corrected chi connectivity index (χ3v) is 4.11. The molecule has 60 valence electrons. The second-order valence-electron chi connectivity index (χ2n) is 1.69. The molecule has 2 N–H and O–H groups in total. The number of halogens is 3. The van der Waals surface area contributed by atoms with E-state index < -0.39 is 7.25 Å². The van der Waals surface area contributed by atoms with E-state index in [1.165, 1.54) is 0 Å². The lowest BCUT2D eigenvalue weighted by atomic mass is 10.2. The molecule has 4 nitrogen and oxygen atoms in total. The van der Waals surface area contributed by atoms with Crippen LogP contribution in [0.2, 0.25) is 0 Å². The van der Waals surface area contributed by atoms with Gasteiger partial charge in [0.1, 0.15) is 9.21 Å². The molecule has 0 saturated heterocycles. The van der Waals surface area contributed by atoms with Crippen molar-refractivity contribution in [2.24, 2.45) is 0 Å². The predicted octanol–water partition coefficient (Wildman–Crippen LogP) is 0.988. The minimum Gasteiger partial charge on any atom is -0.407 e. The Kier molecular flexibility index (Phi) is 3.15. The molecule has 0 unspecified atom stereocenters. The van der Waals surface area contributed by atoms with Crippen LogP contribution >= 0.6 is 47.8 Å². The van der Waals surface area contributed by atoms with E-state index in [9.17, 15) is 0 Å². The van der Waals surface area contributed by atoms with Gasteiger partial charge in [0.25, 0.3) is 0 Å². The van der Waals surface area contributed by atoms with Gasteiger partial charge in [-0.25, -0.2) is 4.59 Å². The Hall–Kier alpha value is 0.635. The van der Waals surface area contributed by atoms with E-state index in [2.05, 4.69) is 52.9 Å². The zero-order chi connectivity index (χ0) is 8.59. The summed E-state index contributed by atoms with van der Waals surface area (Å²) >= 11 is 9.38. The molecule has 1 aromatic heterocycles. The Morgan fingerprint density at radius 2 is 1.82 bits per heavy atom. The second-order valence-corrected chi connectivity index (χ2v) is 3.98. The first-order chi connectivity index (χ1) is 5.04. The number of aromatic nitrogens is 2. The van der Waals surface area contributed by atoms with Crippen molar-refractivity contribution in [1.29, 1.82) is 0 Å². The van der Waals surface area contributed by atoms with E-state index in [4.69, 9.17) is 10.0 Å². The van der Waals surface area contributed by atoms with Crippen LogP contribution in [0.15, 0.2) is 13.7 Å². The molecule has 0 aliphatic heterocycles. The van der Waals surface area contributed by atoms with Gasteiger partial charge >= 0.3 is 7.25 Å². The summed E-state index contributed by atoms with van der Waals surface area (Å²) in [7, 11) is -1.63. The number of nitrogens with zero attached hydrogens (tertiary/aromatic N) is 2. The highest BCUT2D eigenvalue weighted by atomic mass is 79.9. The third-order valence-electron chi connectivity index (χ3n) is 0.978. The summed E-state index contributed by atoms with van der Waals surface area (Å²) < 4.78 is 2.64. The molecule has 0 atom stereocenters. The summed E-state index contributed by atoms with van der Waals surface area (Å²) in [6.07, 6.45) is 0. The Bertz CT molecular complexity index is 276. The van der Waals surface area contributed by atoms with E-state index in [1.807, 2.05) is 0 Å². The van der Waals surface area contributed by atoms with Crippen LogP contribution in [0.4, 0.5) is 0 Å². The van der Waals surface area contributed by atoms with Gasteiger partial charge < -0.3 is 10.0 Å². The van der Waals surface area contributed by atoms with Crippen LogP contribution in [0, 0.1) is 0 Å². The van der Waals surface area contributed by atoms with Gasteiger partial charge in [-0.2, -0.15) is 5.10 Å². The first-order valence-electron chi connectivity index (χ1n) is 2.49. The molecule has 0 radical (unpaired) electrons. The Balaban J connectivity index is 3.19. The van der Waals surface area contributed by atoms with Crippen LogP contribution in [0.3, 0.4) is 0 Å². The van der Waals surface area contributed by atoms with Crippen molar-refractivity contribution >= 4 is 55.0 Å². The summed E-state index contributed by atoms with van der Waals surface area (Å²) in [6.45, 7) is 0. The molecule has 11 heavy (non-hydrogen) atoms. The Morgan fingerprint density at radius 1 is 1.27 bits per heavy atom. The largest absolute Gasteiger partial charge is 0.610 e. The molecule has 0 bridgehead atoms. The molecule has 1 rings (SSSR count). The average Bonchev–Trinajstić information content (AvgIpc) is 2.17. The van der Waals surface area contributed by atoms with E-state index in [0.29, 0.717) is 13.7 Å². The normalized spacial score (nSPS) is 10.3. The van der Waals surface area contributed by atoms with Gasteiger partial charge in [0.2, 0.25) is 0 Å². The second kappa shape index (κ2) is 3.57. The maximum atomic E-state index is 8.73. The number of rotatable bonds is 1. The van der Waals surface area contributed by atoms with Crippen LogP contribution < -0.4 is 0 Å². The lowest BCUT2D eigenvalue weighted by Gasteiger charge is -1.97. The maximum Gasteiger partial charge on any atom is 0.610 e. The van der Waals surface area contributed by atoms with Gasteiger partial charge in [0.05, 0.1) is 4.47 Å². The Labute approximate surface area is 88.1 Å². The average molecular weight is 349 g/mol. The van der Waals surface area contributed by atoms with Crippen LogP contribution in [-0.2, 0) is 0 Å². The summed E-state index contributed by atoms with van der Waals surface area (Å²) in [5.74, 6) is 0. The van der Waals surface area contributed by atoms with Crippen LogP contribution in [0.1, 0.15) is 0 Å². The SMILES string of the molecule is OB(O)n1nc(Br)c(Br)c1Br. The van der Waals surface area contributed by atoms with E-state index >= 15 is 0 Å². The molecular weight excluding hydrogens is 347 g/mol. The smallest absolute Gasteiger partial charge is 0.407 e. The van der Waals surface area contributed by atoms with Crippen LogP contribution in [-0.4, -0.2) is 27.0 Å². The quantitative estimate of drug-likeness (QED) is 0.744. The molecule has 0 aliphatic rings. The fraction of sp³-hybridized carbons (Fsp3) is 0. The van der Waals surface area contributed by atoms with Gasteiger partial charge in [-0.15, -0.1) is 0 Å². The molecule has 0 aromatic carbocycles. The van der Waals surface area contributed by atoms with Crippen molar-refractivity contribution < 1.29 is 10.0 Å². The lowest BCUT2D eigenvalue weighted by molar-refractivity contribution is 0.381. The molecular formula is C3H2BBr3N2O2. The molecule has 0 aliphatic carbocycles. The summed E-state index contributed by atoms with van der Waals surface area (Å²) in [5, 5.41) is 21.2. The highest BCUT2D eigenvalue weighted by Crippen LogP contribution is 2.29. The van der Waals surface area contributed by atoms with Crippen molar-refractivity contribution in [3.05, 3.63) is 13.7 Å². The van der Waals surface area contributed by atoms with Crippen molar-refractivity contribution in [3.8, 4) is 0 Å². The number of hydrogen-bond acceptors (Lipinski definition) is 3. The van der Waals surface area contributed by atoms with Gasteiger partial charge in [-0.05, 0) is 47.8 Å². The summed E-state index contributed by atoms with van der Waals surface area (Å²) in [6, 6.07) is 0. The van der Waals surface area contributed by atoms with Crippen molar-refractivity contribution in [2.75, 3.05) is 0 Å². The molecule has 1 aromatic rings. The monoisotopic (exact) mass is 346 g/mol. The molecule has 0 amide bonds. The minimum absolute atomic E-state index is 0.472. The van der Waals surface area contributed by atoms with Crippen LogP contribution in [0.25, 0.3) is 0 Å². The zero-order valence-electron chi connectivity index (χ0n) is 5.00. The van der Waals surface area contributed by atoms with Crippen molar-refractivity contribution in [2.45, 2.75) is 0 Å². The molecule has 1 heterocycles. The third kappa shape index (κ3) is 1.86. The van der Waals surface area contributed by atoms with Crippen molar-refractivity contribution in [3.63, 3.8) is 0 Å². The Morgan fingerprint density at radius 3 is 2.00 bits per heavy atom. The number of hydrogen-bond donors (Lipinski definition) is 2. The first kappa shape index (κ1) is 9.72. The predicted molar refractivity (Wildman–Crippen MR) is 50.9 cm³/mol. The molecule has 0 spiro atoms. The lowest BCUT2D eigenvalue weighted by Crippen LogP contribution is -2.25. The van der Waals surface area contributed by atoms with Gasteiger partial charge in [0, 0.05) is 0 Å². The van der Waals surface area contributed by atoms with Crippen LogP contribution in [0.5, 0.6) is 0 Å². The summed E-state index contributed by atoms with van der Waals surface area (Å²) in [5.41, 5.74) is 0. The highest BCUT2D eigenvalue weighted by Gasteiger charge is 2.20. The summed E-state index contributed by atoms with van der Waals surface area (Å²) in [4.78, 5) is 0. The fourth-order valence-electron chi connectivity index (χ4n) is 0.521. The van der Waals surface area contributed by atoms with Gasteiger partial charge in [0.15, 0.2) is 0 Å². The van der Waals surface area contributed by atoms with E-state index in [0.717, 1.165) is 4.59 Å². The molecule has 0 fully saturated rings.